The van der Waals surface area contributed by atoms with Gasteiger partial charge in [-0.1, -0.05) is 38.0 Å². The number of hydrogen-bond donors (Lipinski definition) is 1. The minimum absolute atomic E-state index is 0.0941. The van der Waals surface area contributed by atoms with Crippen LogP contribution in [0.5, 0.6) is 0 Å². The van der Waals surface area contributed by atoms with Crippen LogP contribution in [0.1, 0.15) is 65.7 Å². The Bertz CT molecular complexity index is 534. The van der Waals surface area contributed by atoms with Gasteiger partial charge in [0.2, 0.25) is 0 Å². The summed E-state index contributed by atoms with van der Waals surface area (Å²) in [5, 5.41) is 9.84. The molecule has 0 radical (unpaired) electrons. The molecule has 0 bridgehead atoms. The first-order valence-corrected chi connectivity index (χ1v) is 8.83. The fourth-order valence-electron chi connectivity index (χ4n) is 5.87. The summed E-state index contributed by atoms with van der Waals surface area (Å²) >= 11 is 0. The van der Waals surface area contributed by atoms with Gasteiger partial charge in [-0.15, -0.1) is 6.58 Å². The molecule has 0 aliphatic heterocycles. The highest BCUT2D eigenvalue weighted by molar-refractivity contribution is 5.75. The first kappa shape index (κ1) is 15.8. The molecule has 2 heteroatoms. The predicted octanol–water partition coefficient (Wildman–Crippen LogP) is 5.21. The van der Waals surface area contributed by atoms with E-state index in [1.54, 1.807) is 5.57 Å². The van der Waals surface area contributed by atoms with Crippen LogP contribution < -0.4 is 0 Å². The standard InChI is InChI=1S/C20H30O2/c1-5-18(2)12-9-15-14(13-18)7-8-16-19(15,3)10-6-11-20(16,4)17(21)22/h5,9,14,16H,1,6-8,10-13H2,2-4H3,(H,21,22)/t14-,16+,18+,19-,20+/m0/s1. The van der Waals surface area contributed by atoms with E-state index in [2.05, 4.69) is 32.6 Å². The number of carboxylic acids is 1. The highest BCUT2D eigenvalue weighted by Gasteiger charge is 2.57. The van der Waals surface area contributed by atoms with Crippen molar-refractivity contribution in [2.45, 2.75) is 65.7 Å². The largest absolute Gasteiger partial charge is 0.481 e. The van der Waals surface area contributed by atoms with E-state index >= 15 is 0 Å². The summed E-state index contributed by atoms with van der Waals surface area (Å²) < 4.78 is 0. The molecule has 0 spiro atoms. The molecule has 2 fully saturated rings. The van der Waals surface area contributed by atoms with E-state index in [4.69, 9.17) is 0 Å². The highest BCUT2D eigenvalue weighted by Crippen LogP contribution is 2.63. The molecule has 2 saturated carbocycles. The molecule has 0 amide bonds. The predicted molar refractivity (Wildman–Crippen MR) is 89.5 cm³/mol. The van der Waals surface area contributed by atoms with Crippen LogP contribution >= 0.6 is 0 Å². The minimum Gasteiger partial charge on any atom is -0.481 e. The van der Waals surface area contributed by atoms with E-state index in [1.165, 1.54) is 6.42 Å². The molecule has 0 aromatic carbocycles. The molecule has 0 aromatic rings. The Kier molecular flexibility index (Phi) is 3.58. The van der Waals surface area contributed by atoms with Crippen molar-refractivity contribution in [2.24, 2.45) is 28.1 Å². The number of carbonyl (C=O) groups is 1. The number of hydrogen-bond acceptors (Lipinski definition) is 1. The lowest BCUT2D eigenvalue weighted by molar-refractivity contribution is -0.160. The topological polar surface area (TPSA) is 37.3 Å². The molecule has 3 aliphatic rings. The van der Waals surface area contributed by atoms with Crippen molar-refractivity contribution in [3.8, 4) is 0 Å². The zero-order chi connectivity index (χ0) is 16.2. The fourth-order valence-corrected chi connectivity index (χ4v) is 5.87. The lowest BCUT2D eigenvalue weighted by Gasteiger charge is -2.58. The van der Waals surface area contributed by atoms with Crippen LogP contribution in [0.25, 0.3) is 0 Å². The third-order valence-electron chi connectivity index (χ3n) is 7.32. The molecular weight excluding hydrogens is 272 g/mol. The molecular formula is C20H30O2. The third kappa shape index (κ3) is 2.10. The SMILES string of the molecule is C=C[C@]1(C)CC=C2[C@@H](CC[C@H]3[C@](C)(C(=O)O)CCC[C@@]23C)C1. The minimum atomic E-state index is -0.589. The molecule has 0 aromatic heterocycles. The van der Waals surface area contributed by atoms with Crippen LogP contribution in [0.15, 0.2) is 24.3 Å². The fraction of sp³-hybridized carbons (Fsp3) is 0.750. The highest BCUT2D eigenvalue weighted by atomic mass is 16.4. The van der Waals surface area contributed by atoms with Gasteiger partial charge in [-0.2, -0.15) is 0 Å². The number of allylic oxidation sites excluding steroid dienone is 3. The van der Waals surface area contributed by atoms with Gasteiger partial charge in [0.1, 0.15) is 0 Å². The Morgan fingerprint density at radius 1 is 1.32 bits per heavy atom. The van der Waals surface area contributed by atoms with Gasteiger partial charge in [-0.25, -0.2) is 0 Å². The van der Waals surface area contributed by atoms with Crippen molar-refractivity contribution >= 4 is 5.97 Å². The summed E-state index contributed by atoms with van der Waals surface area (Å²) in [6.45, 7) is 10.7. The first-order valence-electron chi connectivity index (χ1n) is 8.83. The number of carboxylic acid groups (broad SMARTS) is 1. The molecule has 1 N–H and O–H groups in total. The Hall–Kier alpha value is -1.05. The summed E-state index contributed by atoms with van der Waals surface area (Å²) in [7, 11) is 0. The second-order valence-electron chi connectivity index (χ2n) is 8.75. The van der Waals surface area contributed by atoms with Crippen LogP contribution in [0.2, 0.25) is 0 Å². The normalized spacial score (nSPS) is 47.9. The maximum Gasteiger partial charge on any atom is 0.309 e. The van der Waals surface area contributed by atoms with Crippen LogP contribution in [-0.2, 0) is 4.79 Å². The van der Waals surface area contributed by atoms with Gasteiger partial charge < -0.3 is 5.11 Å². The zero-order valence-electron chi connectivity index (χ0n) is 14.3. The Morgan fingerprint density at radius 2 is 2.05 bits per heavy atom. The second-order valence-corrected chi connectivity index (χ2v) is 8.75. The Balaban J connectivity index is 1.99. The average Bonchev–Trinajstić information content (AvgIpc) is 2.46. The molecule has 0 heterocycles. The number of aliphatic carboxylic acids is 1. The van der Waals surface area contributed by atoms with Crippen molar-refractivity contribution in [3.63, 3.8) is 0 Å². The summed E-state index contributed by atoms with van der Waals surface area (Å²) in [6.07, 6.45) is 12.1. The van der Waals surface area contributed by atoms with E-state index in [0.717, 1.165) is 38.5 Å². The maximum atomic E-state index is 11.9. The Morgan fingerprint density at radius 3 is 2.68 bits per heavy atom. The lowest BCUT2D eigenvalue weighted by atomic mass is 9.46. The maximum absolute atomic E-state index is 11.9. The molecule has 0 unspecified atom stereocenters. The van der Waals surface area contributed by atoms with Crippen molar-refractivity contribution in [2.75, 3.05) is 0 Å². The summed E-state index contributed by atoms with van der Waals surface area (Å²) in [6, 6.07) is 0. The first-order chi connectivity index (χ1) is 10.3. The van der Waals surface area contributed by atoms with Gasteiger partial charge in [-0.3, -0.25) is 4.79 Å². The van der Waals surface area contributed by atoms with Crippen LogP contribution in [-0.4, -0.2) is 11.1 Å². The van der Waals surface area contributed by atoms with Gasteiger partial charge >= 0.3 is 5.97 Å². The zero-order valence-corrected chi connectivity index (χ0v) is 14.3. The molecule has 3 aliphatic carbocycles. The molecule has 2 nitrogen and oxygen atoms in total. The monoisotopic (exact) mass is 302 g/mol. The van der Waals surface area contributed by atoms with Crippen LogP contribution in [0.3, 0.4) is 0 Å². The molecule has 5 atom stereocenters. The van der Waals surface area contributed by atoms with Crippen LogP contribution in [0, 0.1) is 28.1 Å². The van der Waals surface area contributed by atoms with Crippen LogP contribution in [0.4, 0.5) is 0 Å². The van der Waals surface area contributed by atoms with Crippen molar-refractivity contribution in [3.05, 3.63) is 24.3 Å². The van der Waals surface area contributed by atoms with Crippen molar-refractivity contribution in [1.82, 2.24) is 0 Å². The summed E-state index contributed by atoms with van der Waals surface area (Å²) in [4.78, 5) is 11.9. The third-order valence-corrected chi connectivity index (χ3v) is 7.32. The van der Waals surface area contributed by atoms with Gasteiger partial charge in [0, 0.05) is 0 Å². The molecule has 0 saturated heterocycles. The van der Waals surface area contributed by atoms with E-state index in [0.29, 0.717) is 11.8 Å². The number of rotatable bonds is 2. The van der Waals surface area contributed by atoms with Gasteiger partial charge in [-0.05, 0) is 68.1 Å². The van der Waals surface area contributed by atoms with Gasteiger partial charge in [0.05, 0.1) is 5.41 Å². The Labute approximate surface area is 134 Å². The van der Waals surface area contributed by atoms with Crippen molar-refractivity contribution < 1.29 is 9.90 Å². The van der Waals surface area contributed by atoms with E-state index in [9.17, 15) is 9.90 Å². The van der Waals surface area contributed by atoms with E-state index < -0.39 is 11.4 Å². The molecule has 3 rings (SSSR count). The van der Waals surface area contributed by atoms with Gasteiger partial charge in [0.15, 0.2) is 0 Å². The molecule has 22 heavy (non-hydrogen) atoms. The van der Waals surface area contributed by atoms with Gasteiger partial charge in [0.25, 0.3) is 0 Å². The van der Waals surface area contributed by atoms with E-state index in [1.807, 2.05) is 6.92 Å². The van der Waals surface area contributed by atoms with E-state index in [-0.39, 0.29) is 10.8 Å². The second kappa shape index (κ2) is 4.97. The summed E-state index contributed by atoms with van der Waals surface area (Å²) in [5.41, 5.74) is 1.35. The smallest absolute Gasteiger partial charge is 0.309 e. The quantitative estimate of drug-likeness (QED) is 0.711. The molecule has 122 valence electrons. The summed E-state index contributed by atoms with van der Waals surface area (Å²) in [5.74, 6) is 0.338. The van der Waals surface area contributed by atoms with Crippen molar-refractivity contribution in [1.29, 1.82) is 0 Å². The number of fused-ring (bicyclic) bond motifs is 3. The average molecular weight is 302 g/mol. The lowest BCUT2D eigenvalue weighted by Crippen LogP contribution is -2.52.